The van der Waals surface area contributed by atoms with E-state index in [0.717, 1.165) is 11.3 Å². The predicted molar refractivity (Wildman–Crippen MR) is 138 cm³/mol. The molecule has 2 heterocycles. The smallest absolute Gasteiger partial charge is 0.337 e. The zero-order chi connectivity index (χ0) is 26.7. The van der Waals surface area contributed by atoms with Gasteiger partial charge in [-0.3, -0.25) is 19.5 Å². The third kappa shape index (κ3) is 5.13. The van der Waals surface area contributed by atoms with Crippen molar-refractivity contribution in [2.75, 3.05) is 20.3 Å². The Balaban J connectivity index is 1.92. The molecule has 1 aromatic heterocycles. The molecule has 0 radical (unpaired) electrons. The number of nitrogens with zero attached hydrogens (tertiary/aromatic N) is 3. The summed E-state index contributed by atoms with van der Waals surface area (Å²) in [6.07, 6.45) is 2.85. The number of rotatable bonds is 8. The number of nitro groups is 1. The molecule has 0 aliphatic carbocycles. The molecule has 1 aliphatic heterocycles. The van der Waals surface area contributed by atoms with Crippen molar-refractivity contribution in [1.29, 1.82) is 0 Å². The molecule has 0 saturated carbocycles. The normalized spacial score (nSPS) is 14.9. The third-order valence-electron chi connectivity index (χ3n) is 5.49. The van der Waals surface area contributed by atoms with E-state index in [9.17, 15) is 19.7 Å². The maximum atomic E-state index is 13.6. The molecule has 12 heteroatoms. The number of esters is 1. The van der Waals surface area contributed by atoms with Gasteiger partial charge in [0.15, 0.2) is 16.3 Å². The highest BCUT2D eigenvalue weighted by molar-refractivity contribution is 7.07. The average Bonchev–Trinajstić information content (AvgIpc) is 3.20. The number of hydrogen-bond acceptors (Lipinski definition) is 9. The van der Waals surface area contributed by atoms with Gasteiger partial charge in [-0.2, -0.15) is 0 Å². The Morgan fingerprint density at radius 1 is 1.19 bits per heavy atom. The van der Waals surface area contributed by atoms with Crippen LogP contribution in [-0.2, 0) is 9.53 Å². The Labute approximate surface area is 219 Å². The Kier molecular flexibility index (Phi) is 7.74. The summed E-state index contributed by atoms with van der Waals surface area (Å²) in [6.45, 7) is 4.51. The Morgan fingerprint density at radius 3 is 2.59 bits per heavy atom. The first-order chi connectivity index (χ1) is 17.8. The Morgan fingerprint density at radius 2 is 1.92 bits per heavy atom. The van der Waals surface area contributed by atoms with E-state index in [1.165, 1.54) is 42.2 Å². The van der Waals surface area contributed by atoms with E-state index in [1.807, 2.05) is 13.8 Å². The van der Waals surface area contributed by atoms with Gasteiger partial charge in [-0.15, -0.1) is 0 Å². The summed E-state index contributed by atoms with van der Waals surface area (Å²) in [4.78, 5) is 41.6. The van der Waals surface area contributed by atoms with Gasteiger partial charge in [-0.25, -0.2) is 9.79 Å². The van der Waals surface area contributed by atoms with Crippen molar-refractivity contribution in [2.45, 2.75) is 19.9 Å². The second-order valence-electron chi connectivity index (χ2n) is 7.71. The van der Waals surface area contributed by atoms with Crippen LogP contribution in [-0.4, -0.2) is 35.8 Å². The molecule has 0 spiro atoms. The molecular formula is C25H22ClN3O7S. The van der Waals surface area contributed by atoms with Crippen LogP contribution in [0.1, 0.15) is 31.0 Å². The number of ether oxygens (including phenoxy) is 3. The van der Waals surface area contributed by atoms with Gasteiger partial charge in [-0.05, 0) is 43.7 Å². The molecule has 2 aromatic carbocycles. The molecule has 1 aliphatic rings. The maximum absolute atomic E-state index is 13.6. The van der Waals surface area contributed by atoms with E-state index >= 15 is 0 Å². The lowest BCUT2D eigenvalue weighted by Gasteiger charge is -2.23. The molecule has 37 heavy (non-hydrogen) atoms. The van der Waals surface area contributed by atoms with Gasteiger partial charge in [0.2, 0.25) is 0 Å². The SMILES string of the molecule is CCOc1ccc([C@H]2C(C(=O)OC)=CN=c3s/c(=C\c4cc([N+](=O)[O-])ccc4Cl)c(=O)n32)cc1OCC. The van der Waals surface area contributed by atoms with Gasteiger partial charge in [0.25, 0.3) is 11.2 Å². The van der Waals surface area contributed by atoms with Crippen molar-refractivity contribution in [2.24, 2.45) is 4.99 Å². The molecular weight excluding hydrogens is 522 g/mol. The topological polar surface area (TPSA) is 122 Å². The summed E-state index contributed by atoms with van der Waals surface area (Å²) in [6, 6.07) is 8.30. The number of aromatic nitrogens is 1. The number of thiazole rings is 1. The van der Waals surface area contributed by atoms with Crippen LogP contribution >= 0.6 is 22.9 Å². The number of carbonyl (C=O) groups is 1. The van der Waals surface area contributed by atoms with Crippen molar-refractivity contribution in [1.82, 2.24) is 4.57 Å². The van der Waals surface area contributed by atoms with Crippen LogP contribution in [0.15, 0.2) is 58.0 Å². The molecule has 1 atom stereocenters. The standard InChI is InChI=1S/C25H22ClN3O7S/c1-4-35-19-9-6-14(11-20(19)36-5-2)22-17(24(31)34-3)13-27-25-28(22)23(30)21(37-25)12-15-10-16(29(32)33)7-8-18(15)26/h6-13,22H,4-5H2,1-3H3/b21-12-/t22-/m0/s1. The highest BCUT2D eigenvalue weighted by Gasteiger charge is 2.31. The lowest BCUT2D eigenvalue weighted by Crippen LogP contribution is -2.39. The van der Waals surface area contributed by atoms with Crippen LogP contribution < -0.4 is 24.4 Å². The number of nitro benzene ring substituents is 1. The second-order valence-corrected chi connectivity index (χ2v) is 9.13. The van der Waals surface area contributed by atoms with E-state index in [4.69, 9.17) is 25.8 Å². The van der Waals surface area contributed by atoms with Crippen molar-refractivity contribution in [3.05, 3.63) is 94.1 Å². The summed E-state index contributed by atoms with van der Waals surface area (Å²) in [7, 11) is 1.25. The number of non-ortho nitro benzene ring substituents is 1. The van der Waals surface area contributed by atoms with Crippen molar-refractivity contribution in [3.63, 3.8) is 0 Å². The minimum absolute atomic E-state index is 0.154. The maximum Gasteiger partial charge on any atom is 0.337 e. The zero-order valence-corrected chi connectivity index (χ0v) is 21.7. The summed E-state index contributed by atoms with van der Waals surface area (Å²) < 4.78 is 18.0. The number of hydrogen-bond donors (Lipinski definition) is 0. The fourth-order valence-corrected chi connectivity index (χ4v) is 5.02. The summed E-state index contributed by atoms with van der Waals surface area (Å²) in [5.74, 6) is 0.356. The number of halogens is 1. The highest BCUT2D eigenvalue weighted by atomic mass is 35.5. The quantitative estimate of drug-likeness (QED) is 0.242. The first kappa shape index (κ1) is 26.1. The first-order valence-corrected chi connectivity index (χ1v) is 12.4. The molecule has 192 valence electrons. The van der Waals surface area contributed by atoms with Gasteiger partial charge >= 0.3 is 5.97 Å². The molecule has 0 unspecified atom stereocenters. The Hall–Kier alpha value is -3.96. The van der Waals surface area contributed by atoms with Crippen molar-refractivity contribution < 1.29 is 23.9 Å². The van der Waals surface area contributed by atoms with E-state index in [2.05, 4.69) is 4.99 Å². The fourth-order valence-electron chi connectivity index (χ4n) is 3.88. The van der Waals surface area contributed by atoms with Gasteiger partial charge in [-0.1, -0.05) is 29.0 Å². The van der Waals surface area contributed by atoms with Crippen molar-refractivity contribution >= 4 is 40.7 Å². The first-order valence-electron chi connectivity index (χ1n) is 11.2. The minimum atomic E-state index is -0.860. The molecule has 0 amide bonds. The zero-order valence-electron chi connectivity index (χ0n) is 20.1. The number of methoxy groups -OCH3 is 1. The second kappa shape index (κ2) is 11.0. The molecule has 3 aromatic rings. The van der Waals surface area contributed by atoms with E-state index < -0.39 is 22.5 Å². The lowest BCUT2D eigenvalue weighted by molar-refractivity contribution is -0.384. The van der Waals surface area contributed by atoms with Crippen molar-refractivity contribution in [3.8, 4) is 11.5 Å². The van der Waals surface area contributed by atoms with Crippen LogP contribution in [0, 0.1) is 10.1 Å². The van der Waals surface area contributed by atoms with E-state index in [0.29, 0.717) is 40.6 Å². The van der Waals surface area contributed by atoms with E-state index in [-0.39, 0.29) is 20.8 Å². The number of fused-ring (bicyclic) bond motifs is 1. The molecule has 0 saturated heterocycles. The van der Waals surface area contributed by atoms with Crippen LogP contribution in [0.4, 0.5) is 5.69 Å². The number of carbonyl (C=O) groups excluding carboxylic acids is 1. The Bertz CT molecular complexity index is 1590. The largest absolute Gasteiger partial charge is 0.490 e. The van der Waals surface area contributed by atoms with Gasteiger partial charge < -0.3 is 14.2 Å². The minimum Gasteiger partial charge on any atom is -0.490 e. The van der Waals surface area contributed by atoms with Crippen LogP contribution in [0.5, 0.6) is 11.5 Å². The predicted octanol–water partition coefficient (Wildman–Crippen LogP) is 3.38. The van der Waals surface area contributed by atoms with Crippen LogP contribution in [0.2, 0.25) is 5.02 Å². The van der Waals surface area contributed by atoms with Gasteiger partial charge in [0, 0.05) is 28.9 Å². The molecule has 4 rings (SSSR count). The summed E-state index contributed by atoms with van der Waals surface area (Å²) in [5.41, 5.74) is 0.440. The van der Waals surface area contributed by atoms with Gasteiger partial charge in [0.1, 0.15) is 0 Å². The lowest BCUT2D eigenvalue weighted by atomic mass is 9.97. The summed E-state index contributed by atoms with van der Waals surface area (Å²) in [5, 5.41) is 11.5. The van der Waals surface area contributed by atoms with Crippen LogP contribution in [0.3, 0.4) is 0 Å². The average molecular weight is 544 g/mol. The third-order valence-corrected chi connectivity index (χ3v) is 6.83. The molecule has 0 N–H and O–H groups in total. The molecule has 0 fully saturated rings. The highest BCUT2D eigenvalue weighted by Crippen LogP contribution is 2.35. The summed E-state index contributed by atoms with van der Waals surface area (Å²) >= 11 is 7.32. The van der Waals surface area contributed by atoms with Crippen LogP contribution in [0.25, 0.3) is 6.08 Å². The van der Waals surface area contributed by atoms with E-state index in [1.54, 1.807) is 18.2 Å². The fraction of sp³-hybridized carbons (Fsp3) is 0.240. The molecule has 0 bridgehead atoms. The molecule has 10 nitrogen and oxygen atoms in total. The monoisotopic (exact) mass is 543 g/mol. The van der Waals surface area contributed by atoms with Gasteiger partial charge in [0.05, 0.1) is 41.4 Å². The number of benzene rings is 2.